The second-order valence-electron chi connectivity index (χ2n) is 7.40. The Balaban J connectivity index is 1.94. The fraction of sp³-hybridized carbons (Fsp3) is 0.273. The van der Waals surface area contributed by atoms with Crippen LogP contribution in [0.15, 0.2) is 51.1 Å². The minimum Gasteiger partial charge on any atom is -0.411 e. The summed E-state index contributed by atoms with van der Waals surface area (Å²) in [6.45, 7) is 5.99. The number of aromatic nitrogens is 4. The van der Waals surface area contributed by atoms with Gasteiger partial charge in [0, 0.05) is 13.6 Å². The monoisotopic (exact) mass is 405 g/mol. The van der Waals surface area contributed by atoms with Gasteiger partial charge >= 0.3 is 5.69 Å². The van der Waals surface area contributed by atoms with Gasteiger partial charge in [-0.05, 0) is 48.7 Å². The van der Waals surface area contributed by atoms with Crippen LogP contribution in [0.3, 0.4) is 0 Å². The van der Waals surface area contributed by atoms with Crippen molar-refractivity contribution < 1.29 is 5.21 Å². The zero-order chi connectivity index (χ0) is 21.6. The molecule has 8 heteroatoms. The van der Waals surface area contributed by atoms with Crippen molar-refractivity contribution in [3.63, 3.8) is 0 Å². The van der Waals surface area contributed by atoms with E-state index < -0.39 is 11.2 Å². The minimum absolute atomic E-state index is 0.158. The smallest absolute Gasteiger partial charge is 0.333 e. The van der Waals surface area contributed by atoms with Crippen LogP contribution in [-0.2, 0) is 20.1 Å². The lowest BCUT2D eigenvalue weighted by Crippen LogP contribution is -2.40. The first-order valence-electron chi connectivity index (χ1n) is 9.74. The number of nitrogens with zero attached hydrogens (tertiary/aromatic N) is 5. The molecule has 0 radical (unpaired) electrons. The van der Waals surface area contributed by atoms with Crippen molar-refractivity contribution in [2.24, 2.45) is 12.2 Å². The van der Waals surface area contributed by atoms with Gasteiger partial charge in [-0.1, -0.05) is 35.5 Å². The molecule has 0 bridgehead atoms. The molecular weight excluding hydrogens is 382 g/mol. The summed E-state index contributed by atoms with van der Waals surface area (Å²) in [6.07, 6.45) is 0. The Bertz CT molecular complexity index is 1440. The summed E-state index contributed by atoms with van der Waals surface area (Å²) < 4.78 is 4.27. The number of imidazole rings is 1. The van der Waals surface area contributed by atoms with Gasteiger partial charge in [0.1, 0.15) is 5.71 Å². The molecule has 0 spiro atoms. The average molecular weight is 405 g/mol. The van der Waals surface area contributed by atoms with E-state index in [4.69, 9.17) is 5.21 Å². The molecule has 4 aromatic rings. The fourth-order valence-corrected chi connectivity index (χ4v) is 3.93. The van der Waals surface area contributed by atoms with Gasteiger partial charge in [0.2, 0.25) is 0 Å². The van der Waals surface area contributed by atoms with Crippen molar-refractivity contribution >= 4 is 27.6 Å². The molecule has 0 amide bonds. The molecule has 2 aromatic heterocycles. The van der Waals surface area contributed by atoms with Crippen LogP contribution in [-0.4, -0.2) is 29.6 Å². The summed E-state index contributed by atoms with van der Waals surface area (Å²) in [5.41, 5.74) is 2.06. The molecule has 8 nitrogen and oxygen atoms in total. The Morgan fingerprint density at radius 3 is 2.63 bits per heavy atom. The molecule has 0 aliphatic heterocycles. The van der Waals surface area contributed by atoms with Gasteiger partial charge in [-0.3, -0.25) is 13.9 Å². The van der Waals surface area contributed by atoms with Gasteiger partial charge in [0.15, 0.2) is 17.0 Å². The van der Waals surface area contributed by atoms with Gasteiger partial charge < -0.3 is 9.77 Å². The lowest BCUT2D eigenvalue weighted by atomic mass is 10.0. The van der Waals surface area contributed by atoms with Crippen LogP contribution in [0.25, 0.3) is 21.9 Å². The fourth-order valence-electron chi connectivity index (χ4n) is 3.93. The largest absolute Gasteiger partial charge is 0.411 e. The highest BCUT2D eigenvalue weighted by Gasteiger charge is 2.21. The molecule has 0 saturated carbocycles. The predicted molar refractivity (Wildman–Crippen MR) is 117 cm³/mol. The van der Waals surface area contributed by atoms with Crippen molar-refractivity contribution in [1.82, 2.24) is 18.7 Å². The van der Waals surface area contributed by atoms with Gasteiger partial charge in [-0.2, -0.15) is 0 Å². The summed E-state index contributed by atoms with van der Waals surface area (Å²) in [6, 6.07) is 12.0. The molecule has 0 saturated heterocycles. The van der Waals surface area contributed by atoms with Crippen molar-refractivity contribution in [3.05, 3.63) is 74.2 Å². The molecule has 1 N–H and O–H groups in total. The first kappa shape index (κ1) is 19.6. The maximum atomic E-state index is 13.3. The molecule has 154 valence electrons. The molecular formula is C22H23N5O3. The summed E-state index contributed by atoms with van der Waals surface area (Å²) in [7, 11) is 1.67. The van der Waals surface area contributed by atoms with Crippen molar-refractivity contribution in [2.45, 2.75) is 33.9 Å². The standard InChI is InChI=1S/C22H23N5O3/c1-5-26-20-18(25(4)19(23-20)14(3)24-30)21(28)27(22(26)29)12-15-9-10-17-13(2)7-6-8-16(17)11-15/h6-11,30H,5,12H2,1-4H3. The van der Waals surface area contributed by atoms with Gasteiger partial charge in [-0.15, -0.1) is 0 Å². The molecule has 0 aliphatic rings. The van der Waals surface area contributed by atoms with E-state index in [2.05, 4.69) is 23.1 Å². The summed E-state index contributed by atoms with van der Waals surface area (Å²) in [4.78, 5) is 30.8. The molecule has 2 aromatic carbocycles. The van der Waals surface area contributed by atoms with Gasteiger partial charge in [-0.25, -0.2) is 9.78 Å². The number of hydrogen-bond donors (Lipinski definition) is 1. The van der Waals surface area contributed by atoms with E-state index in [1.807, 2.05) is 37.3 Å². The Morgan fingerprint density at radius 1 is 1.17 bits per heavy atom. The summed E-state index contributed by atoms with van der Waals surface area (Å²) in [5.74, 6) is 0.338. The summed E-state index contributed by atoms with van der Waals surface area (Å²) >= 11 is 0. The zero-order valence-electron chi connectivity index (χ0n) is 17.4. The third-order valence-electron chi connectivity index (χ3n) is 5.54. The molecule has 0 fully saturated rings. The quantitative estimate of drug-likeness (QED) is 0.321. The maximum Gasteiger partial charge on any atom is 0.333 e. The van der Waals surface area contributed by atoms with E-state index in [0.717, 1.165) is 16.3 Å². The topological polar surface area (TPSA) is 94.4 Å². The first-order valence-corrected chi connectivity index (χ1v) is 9.74. The molecule has 0 unspecified atom stereocenters. The van der Waals surface area contributed by atoms with E-state index in [0.29, 0.717) is 23.5 Å². The second-order valence-corrected chi connectivity index (χ2v) is 7.40. The normalized spacial score (nSPS) is 12.2. The maximum absolute atomic E-state index is 13.3. The van der Waals surface area contributed by atoms with Crippen LogP contribution in [0.4, 0.5) is 0 Å². The highest BCUT2D eigenvalue weighted by atomic mass is 16.4. The van der Waals surface area contributed by atoms with Gasteiger partial charge in [0.25, 0.3) is 5.56 Å². The number of hydrogen-bond acceptors (Lipinski definition) is 5. The highest BCUT2D eigenvalue weighted by Crippen LogP contribution is 2.20. The summed E-state index contributed by atoms with van der Waals surface area (Å²) in [5, 5.41) is 14.5. The average Bonchev–Trinajstić information content (AvgIpc) is 3.08. The second kappa shape index (κ2) is 7.29. The van der Waals surface area contributed by atoms with Crippen LogP contribution < -0.4 is 11.2 Å². The highest BCUT2D eigenvalue weighted by molar-refractivity contribution is 5.97. The number of fused-ring (bicyclic) bond motifs is 2. The predicted octanol–water partition coefficient (Wildman–Crippen LogP) is 2.62. The number of oxime groups is 1. The number of rotatable bonds is 4. The van der Waals surface area contributed by atoms with Crippen molar-refractivity contribution in [1.29, 1.82) is 0 Å². The molecule has 30 heavy (non-hydrogen) atoms. The van der Waals surface area contributed by atoms with E-state index in [1.165, 1.54) is 14.7 Å². The SMILES string of the molecule is CCn1c(=O)n(Cc2ccc3c(C)cccc3c2)c(=O)c2c1nc(C(C)=NO)n2C. The Hall–Kier alpha value is -3.68. The van der Waals surface area contributed by atoms with E-state index in [9.17, 15) is 9.59 Å². The van der Waals surface area contributed by atoms with Crippen LogP contribution >= 0.6 is 0 Å². The number of benzene rings is 2. The third kappa shape index (κ3) is 2.92. The molecule has 2 heterocycles. The molecule has 0 atom stereocenters. The van der Waals surface area contributed by atoms with E-state index in [1.54, 1.807) is 18.5 Å². The molecule has 0 aliphatic carbocycles. The first-order chi connectivity index (χ1) is 14.4. The Labute approximate surface area is 172 Å². The van der Waals surface area contributed by atoms with Crippen LogP contribution in [0.5, 0.6) is 0 Å². The third-order valence-corrected chi connectivity index (χ3v) is 5.54. The Morgan fingerprint density at radius 2 is 1.93 bits per heavy atom. The zero-order valence-corrected chi connectivity index (χ0v) is 17.4. The lowest BCUT2D eigenvalue weighted by molar-refractivity contribution is 0.318. The number of aryl methyl sites for hydroxylation is 3. The van der Waals surface area contributed by atoms with E-state index >= 15 is 0 Å². The van der Waals surface area contributed by atoms with Crippen LogP contribution in [0.2, 0.25) is 0 Å². The minimum atomic E-state index is -0.420. The van der Waals surface area contributed by atoms with Crippen LogP contribution in [0.1, 0.15) is 30.8 Å². The van der Waals surface area contributed by atoms with Gasteiger partial charge in [0.05, 0.1) is 6.54 Å². The van der Waals surface area contributed by atoms with Crippen LogP contribution in [0, 0.1) is 6.92 Å². The Kier molecular flexibility index (Phi) is 4.77. The van der Waals surface area contributed by atoms with Crippen molar-refractivity contribution in [2.75, 3.05) is 0 Å². The lowest BCUT2D eigenvalue weighted by Gasteiger charge is -2.11. The van der Waals surface area contributed by atoms with E-state index in [-0.39, 0.29) is 12.3 Å². The van der Waals surface area contributed by atoms with Crippen molar-refractivity contribution in [3.8, 4) is 0 Å². The molecule has 4 rings (SSSR count).